The van der Waals surface area contributed by atoms with Crippen molar-refractivity contribution in [2.75, 3.05) is 7.11 Å². The number of H-pyrrole nitrogens is 1. The second-order valence-corrected chi connectivity index (χ2v) is 3.96. The van der Waals surface area contributed by atoms with E-state index in [2.05, 4.69) is 9.97 Å². The Bertz CT molecular complexity index is 573. The maximum atomic E-state index is 11.9. The van der Waals surface area contributed by atoms with E-state index in [1.165, 1.54) is 0 Å². The quantitative estimate of drug-likeness (QED) is 0.839. The minimum atomic E-state index is -0.147. The van der Waals surface area contributed by atoms with Gasteiger partial charge in [0.2, 0.25) is 0 Å². The Balaban J connectivity index is 2.81. The molecule has 1 N–H and O–H groups in total. The highest BCUT2D eigenvalue weighted by Crippen LogP contribution is 2.21. The molecule has 0 bridgehead atoms. The van der Waals surface area contributed by atoms with Crippen LogP contribution in [0.1, 0.15) is 25.6 Å². The minimum Gasteiger partial charge on any atom is -0.496 e. The van der Waals surface area contributed by atoms with Crippen LogP contribution in [-0.2, 0) is 0 Å². The highest BCUT2D eigenvalue weighted by molar-refractivity contribution is 5.84. The molecule has 0 saturated heterocycles. The summed E-state index contributed by atoms with van der Waals surface area (Å²) in [6, 6.07) is 5.41. The van der Waals surface area contributed by atoms with Crippen molar-refractivity contribution < 1.29 is 4.74 Å². The summed E-state index contributed by atoms with van der Waals surface area (Å²) in [7, 11) is 1.55. The number of methoxy groups -OCH3 is 1. The number of hydrogen-bond donors (Lipinski definition) is 1. The molecule has 0 atom stereocenters. The monoisotopic (exact) mass is 218 g/mol. The molecule has 4 heteroatoms. The third kappa shape index (κ3) is 1.66. The van der Waals surface area contributed by atoms with Gasteiger partial charge in [-0.05, 0) is 12.1 Å². The molecule has 2 rings (SSSR count). The van der Waals surface area contributed by atoms with E-state index in [1.54, 1.807) is 13.2 Å². The topological polar surface area (TPSA) is 55.0 Å². The zero-order valence-corrected chi connectivity index (χ0v) is 9.57. The van der Waals surface area contributed by atoms with Gasteiger partial charge in [-0.25, -0.2) is 4.98 Å². The molecule has 0 radical (unpaired) electrons. The average molecular weight is 218 g/mol. The third-order valence-corrected chi connectivity index (χ3v) is 2.48. The summed E-state index contributed by atoms with van der Waals surface area (Å²) in [5, 5.41) is 0.509. The molecule has 84 valence electrons. The fraction of sp³-hybridized carbons (Fsp3) is 0.333. The lowest BCUT2D eigenvalue weighted by molar-refractivity contribution is 0.419. The molecule has 0 aliphatic carbocycles. The van der Waals surface area contributed by atoms with Crippen LogP contribution in [0.3, 0.4) is 0 Å². The van der Waals surface area contributed by atoms with E-state index in [0.29, 0.717) is 22.5 Å². The third-order valence-electron chi connectivity index (χ3n) is 2.48. The summed E-state index contributed by atoms with van der Waals surface area (Å²) in [6.45, 7) is 3.98. The largest absolute Gasteiger partial charge is 0.496 e. The predicted octanol–water partition coefficient (Wildman–Crippen LogP) is 2.06. The van der Waals surface area contributed by atoms with Gasteiger partial charge in [0.05, 0.1) is 12.6 Å². The van der Waals surface area contributed by atoms with Gasteiger partial charge in [0.15, 0.2) is 0 Å². The Kier molecular flexibility index (Phi) is 2.64. The van der Waals surface area contributed by atoms with Crippen LogP contribution in [-0.4, -0.2) is 17.1 Å². The molecule has 4 nitrogen and oxygen atoms in total. The summed E-state index contributed by atoms with van der Waals surface area (Å²) < 4.78 is 5.15. The van der Waals surface area contributed by atoms with Gasteiger partial charge < -0.3 is 9.72 Å². The van der Waals surface area contributed by atoms with Gasteiger partial charge in [-0.15, -0.1) is 0 Å². The van der Waals surface area contributed by atoms with Crippen LogP contribution < -0.4 is 10.3 Å². The number of nitrogens with zero attached hydrogens (tertiary/aromatic N) is 1. The SMILES string of the molecule is COc1cccc2nc(C(C)C)[nH]c(=O)c12. The van der Waals surface area contributed by atoms with E-state index in [4.69, 9.17) is 4.74 Å². The lowest BCUT2D eigenvalue weighted by Crippen LogP contribution is -2.13. The Hall–Kier alpha value is -1.84. The zero-order valence-electron chi connectivity index (χ0n) is 9.57. The number of aromatic nitrogens is 2. The standard InChI is InChI=1S/C12H14N2O2/c1-7(2)11-13-8-5-4-6-9(16-3)10(8)12(15)14-11/h4-7H,1-3H3,(H,13,14,15). The average Bonchev–Trinajstić information content (AvgIpc) is 2.27. The summed E-state index contributed by atoms with van der Waals surface area (Å²) >= 11 is 0. The van der Waals surface area contributed by atoms with Crippen LogP contribution in [0.2, 0.25) is 0 Å². The van der Waals surface area contributed by atoms with Crippen molar-refractivity contribution in [3.8, 4) is 5.75 Å². The lowest BCUT2D eigenvalue weighted by Gasteiger charge is -2.07. The number of ether oxygens (including phenoxy) is 1. The molecule has 0 spiro atoms. The maximum absolute atomic E-state index is 11.9. The normalized spacial score (nSPS) is 11.0. The Morgan fingerprint density at radius 2 is 2.12 bits per heavy atom. The molecule has 2 aromatic rings. The molecule has 0 aliphatic heterocycles. The van der Waals surface area contributed by atoms with Crippen LogP contribution in [0.4, 0.5) is 0 Å². The van der Waals surface area contributed by atoms with E-state index in [1.807, 2.05) is 26.0 Å². The van der Waals surface area contributed by atoms with Crippen LogP contribution in [0, 0.1) is 0 Å². The van der Waals surface area contributed by atoms with E-state index in [9.17, 15) is 4.79 Å². The van der Waals surface area contributed by atoms with Crippen molar-refractivity contribution in [1.29, 1.82) is 0 Å². The molecule has 0 unspecified atom stereocenters. The number of rotatable bonds is 2. The van der Waals surface area contributed by atoms with Gasteiger partial charge in [-0.3, -0.25) is 4.79 Å². The molecule has 16 heavy (non-hydrogen) atoms. The lowest BCUT2D eigenvalue weighted by atomic mass is 10.2. The summed E-state index contributed by atoms with van der Waals surface area (Å²) in [5.41, 5.74) is 0.526. The predicted molar refractivity (Wildman–Crippen MR) is 63.0 cm³/mol. The fourth-order valence-corrected chi connectivity index (χ4v) is 1.62. The summed E-state index contributed by atoms with van der Waals surface area (Å²) in [5.74, 6) is 1.45. The van der Waals surface area contributed by atoms with E-state index in [0.717, 1.165) is 0 Å². The zero-order chi connectivity index (χ0) is 11.7. The molecule has 1 aromatic heterocycles. The molecule has 0 fully saturated rings. The Labute approximate surface area is 93.3 Å². The van der Waals surface area contributed by atoms with Gasteiger partial charge in [0.1, 0.15) is 17.0 Å². The number of nitrogens with one attached hydrogen (secondary N) is 1. The molecule has 0 aliphatic rings. The van der Waals surface area contributed by atoms with Gasteiger partial charge in [-0.2, -0.15) is 0 Å². The molecule has 0 saturated carbocycles. The van der Waals surface area contributed by atoms with Gasteiger partial charge in [-0.1, -0.05) is 19.9 Å². The van der Waals surface area contributed by atoms with Crippen LogP contribution in [0.5, 0.6) is 5.75 Å². The van der Waals surface area contributed by atoms with E-state index >= 15 is 0 Å². The van der Waals surface area contributed by atoms with Gasteiger partial charge in [0, 0.05) is 5.92 Å². The molecular formula is C12H14N2O2. The summed E-state index contributed by atoms with van der Waals surface area (Å²) in [6.07, 6.45) is 0. The Morgan fingerprint density at radius 3 is 2.75 bits per heavy atom. The van der Waals surface area contributed by atoms with Crippen molar-refractivity contribution in [3.63, 3.8) is 0 Å². The molecule has 0 amide bonds. The highest BCUT2D eigenvalue weighted by Gasteiger charge is 2.10. The first-order chi connectivity index (χ1) is 7.63. The van der Waals surface area contributed by atoms with Crippen LogP contribution in [0.15, 0.2) is 23.0 Å². The van der Waals surface area contributed by atoms with E-state index < -0.39 is 0 Å². The second kappa shape index (κ2) is 3.96. The van der Waals surface area contributed by atoms with Crippen molar-refractivity contribution in [3.05, 3.63) is 34.4 Å². The molecule has 1 aromatic carbocycles. The van der Waals surface area contributed by atoms with Gasteiger partial charge in [0.25, 0.3) is 5.56 Å². The summed E-state index contributed by atoms with van der Waals surface area (Å²) in [4.78, 5) is 19.1. The molecule has 1 heterocycles. The first kappa shape index (κ1) is 10.7. The van der Waals surface area contributed by atoms with Crippen LogP contribution in [0.25, 0.3) is 10.9 Å². The number of aromatic amines is 1. The van der Waals surface area contributed by atoms with Crippen molar-refractivity contribution >= 4 is 10.9 Å². The van der Waals surface area contributed by atoms with Crippen molar-refractivity contribution in [2.45, 2.75) is 19.8 Å². The number of benzene rings is 1. The van der Waals surface area contributed by atoms with Gasteiger partial charge >= 0.3 is 0 Å². The number of hydrogen-bond acceptors (Lipinski definition) is 3. The van der Waals surface area contributed by atoms with Crippen LogP contribution >= 0.6 is 0 Å². The number of fused-ring (bicyclic) bond motifs is 1. The Morgan fingerprint density at radius 1 is 1.38 bits per heavy atom. The maximum Gasteiger partial charge on any atom is 0.262 e. The second-order valence-electron chi connectivity index (χ2n) is 3.96. The first-order valence-corrected chi connectivity index (χ1v) is 5.20. The van der Waals surface area contributed by atoms with Crippen molar-refractivity contribution in [1.82, 2.24) is 9.97 Å². The minimum absolute atomic E-state index is 0.147. The smallest absolute Gasteiger partial charge is 0.262 e. The first-order valence-electron chi connectivity index (χ1n) is 5.20. The fourth-order valence-electron chi connectivity index (χ4n) is 1.62. The highest BCUT2D eigenvalue weighted by atomic mass is 16.5. The molecular weight excluding hydrogens is 204 g/mol. The van der Waals surface area contributed by atoms with E-state index in [-0.39, 0.29) is 11.5 Å². The van der Waals surface area contributed by atoms with Crippen molar-refractivity contribution in [2.24, 2.45) is 0 Å².